The third-order valence-electron chi connectivity index (χ3n) is 3.31. The summed E-state index contributed by atoms with van der Waals surface area (Å²) in [4.78, 5) is 20.5. The Kier molecular flexibility index (Phi) is 4.94. The number of carbonyl (C=O) groups is 1. The maximum Gasteiger partial charge on any atom is 0.573 e. The van der Waals surface area contributed by atoms with E-state index in [0.29, 0.717) is 16.6 Å². The molecule has 1 aromatic heterocycles. The van der Waals surface area contributed by atoms with Crippen LogP contribution >= 0.6 is 11.6 Å². The van der Waals surface area contributed by atoms with Crippen molar-refractivity contribution in [3.63, 3.8) is 0 Å². The molecule has 3 rings (SSSR count). The van der Waals surface area contributed by atoms with Crippen molar-refractivity contribution < 1.29 is 22.7 Å². The van der Waals surface area contributed by atoms with Crippen LogP contribution in [0.5, 0.6) is 5.75 Å². The summed E-state index contributed by atoms with van der Waals surface area (Å²) < 4.78 is 40.2. The largest absolute Gasteiger partial charge is 0.573 e. The highest BCUT2D eigenvalue weighted by Gasteiger charge is 2.30. The van der Waals surface area contributed by atoms with Gasteiger partial charge in [-0.1, -0.05) is 35.9 Å². The molecule has 0 bridgehead atoms. The molecule has 5 nitrogen and oxygen atoms in total. The number of alkyl halides is 3. The first-order valence-electron chi connectivity index (χ1n) is 7.37. The third kappa shape index (κ3) is 4.60. The molecular formula is C17H11ClF3N3O2. The predicted molar refractivity (Wildman–Crippen MR) is 90.0 cm³/mol. The van der Waals surface area contributed by atoms with Gasteiger partial charge >= 0.3 is 6.36 Å². The molecule has 0 unspecified atom stereocenters. The number of nitrogens with zero attached hydrogens (tertiary/aromatic N) is 2. The van der Waals surface area contributed by atoms with Crippen molar-refractivity contribution in [2.75, 3.05) is 5.32 Å². The fourth-order valence-electron chi connectivity index (χ4n) is 2.23. The van der Waals surface area contributed by atoms with E-state index in [9.17, 15) is 18.0 Å². The normalized spacial score (nSPS) is 11.4. The fraction of sp³-hybridized carbons (Fsp3) is 0.118. The van der Waals surface area contributed by atoms with Crippen LogP contribution in [0.2, 0.25) is 5.15 Å². The summed E-state index contributed by atoms with van der Waals surface area (Å²) in [5.74, 6) is -0.668. The highest BCUT2D eigenvalue weighted by Crippen LogP contribution is 2.24. The van der Waals surface area contributed by atoms with Crippen LogP contribution in [0.15, 0.2) is 48.5 Å². The van der Waals surface area contributed by atoms with Crippen LogP contribution in [0.4, 0.5) is 19.0 Å². The molecule has 9 heteroatoms. The first kappa shape index (κ1) is 17.9. The van der Waals surface area contributed by atoms with Gasteiger partial charge in [0.1, 0.15) is 5.75 Å². The van der Waals surface area contributed by atoms with E-state index >= 15 is 0 Å². The molecule has 3 aromatic rings. The Bertz CT molecular complexity index is 946. The molecule has 2 aromatic carbocycles. The average molecular weight is 382 g/mol. The van der Waals surface area contributed by atoms with E-state index < -0.39 is 12.3 Å². The average Bonchev–Trinajstić information content (AvgIpc) is 2.56. The Morgan fingerprint density at radius 2 is 1.65 bits per heavy atom. The number of halogens is 4. The number of benzene rings is 2. The number of amides is 1. The van der Waals surface area contributed by atoms with Gasteiger partial charge in [-0.15, -0.1) is 13.2 Å². The summed E-state index contributed by atoms with van der Waals surface area (Å²) in [6.07, 6.45) is -4.83. The lowest BCUT2D eigenvalue weighted by atomic mass is 10.1. The SMILES string of the molecule is O=C(Cc1ccc(OC(F)(F)F)cc1)Nc1nc2ccccc2nc1Cl. The molecule has 0 spiro atoms. The molecule has 134 valence electrons. The number of para-hydroxylation sites is 2. The molecule has 0 atom stereocenters. The van der Waals surface area contributed by atoms with Crippen LogP contribution in [0.1, 0.15) is 5.56 Å². The second-order valence-electron chi connectivity index (χ2n) is 5.27. The zero-order valence-corrected chi connectivity index (χ0v) is 13.8. The molecule has 1 heterocycles. The van der Waals surface area contributed by atoms with Crippen LogP contribution in [-0.4, -0.2) is 22.2 Å². The van der Waals surface area contributed by atoms with E-state index in [1.807, 2.05) is 0 Å². The van der Waals surface area contributed by atoms with Gasteiger partial charge in [-0.25, -0.2) is 9.97 Å². The number of nitrogens with one attached hydrogen (secondary N) is 1. The molecule has 0 aliphatic rings. The Morgan fingerprint density at radius 3 is 2.27 bits per heavy atom. The zero-order chi connectivity index (χ0) is 18.7. The first-order valence-corrected chi connectivity index (χ1v) is 7.75. The van der Waals surface area contributed by atoms with Crippen molar-refractivity contribution in [1.82, 2.24) is 9.97 Å². The monoisotopic (exact) mass is 381 g/mol. The summed E-state index contributed by atoms with van der Waals surface area (Å²) in [7, 11) is 0. The highest BCUT2D eigenvalue weighted by molar-refractivity contribution is 6.32. The fourth-order valence-corrected chi connectivity index (χ4v) is 2.41. The van der Waals surface area contributed by atoms with Gasteiger partial charge in [0.15, 0.2) is 11.0 Å². The number of carbonyl (C=O) groups excluding carboxylic acids is 1. The molecule has 0 aliphatic carbocycles. The first-order chi connectivity index (χ1) is 12.3. The quantitative estimate of drug-likeness (QED) is 0.729. The molecule has 1 N–H and O–H groups in total. The lowest BCUT2D eigenvalue weighted by Gasteiger charge is -2.10. The lowest BCUT2D eigenvalue weighted by Crippen LogP contribution is -2.17. The molecule has 0 saturated heterocycles. The Morgan fingerprint density at radius 1 is 1.04 bits per heavy atom. The van der Waals surface area contributed by atoms with E-state index in [2.05, 4.69) is 20.0 Å². The van der Waals surface area contributed by atoms with Gasteiger partial charge in [0.2, 0.25) is 5.91 Å². The minimum atomic E-state index is -4.76. The van der Waals surface area contributed by atoms with Crippen LogP contribution in [0.25, 0.3) is 11.0 Å². The highest BCUT2D eigenvalue weighted by atomic mass is 35.5. The summed E-state index contributed by atoms with van der Waals surface area (Å²) in [6.45, 7) is 0. The zero-order valence-electron chi connectivity index (χ0n) is 13.0. The Balaban J connectivity index is 1.68. The van der Waals surface area contributed by atoms with Gasteiger partial charge < -0.3 is 10.1 Å². The molecule has 0 radical (unpaired) electrons. The van der Waals surface area contributed by atoms with Gasteiger partial charge in [-0.2, -0.15) is 0 Å². The van der Waals surface area contributed by atoms with E-state index in [1.54, 1.807) is 24.3 Å². The molecule has 0 saturated carbocycles. The summed E-state index contributed by atoms with van der Waals surface area (Å²) in [5, 5.41) is 2.60. The summed E-state index contributed by atoms with van der Waals surface area (Å²) in [5.41, 5.74) is 1.67. The lowest BCUT2D eigenvalue weighted by molar-refractivity contribution is -0.274. The Hall–Kier alpha value is -2.87. The third-order valence-corrected chi connectivity index (χ3v) is 3.57. The van der Waals surface area contributed by atoms with Crippen LogP contribution < -0.4 is 10.1 Å². The van der Waals surface area contributed by atoms with Gasteiger partial charge in [0.25, 0.3) is 0 Å². The van der Waals surface area contributed by atoms with Gasteiger partial charge in [-0.05, 0) is 29.8 Å². The van der Waals surface area contributed by atoms with Gasteiger partial charge in [0, 0.05) is 0 Å². The van der Waals surface area contributed by atoms with Gasteiger partial charge in [0.05, 0.1) is 17.5 Å². The van der Waals surface area contributed by atoms with Crippen molar-refractivity contribution in [1.29, 1.82) is 0 Å². The number of hydrogen-bond donors (Lipinski definition) is 1. The number of ether oxygens (including phenoxy) is 1. The topological polar surface area (TPSA) is 64.1 Å². The Labute approximate surface area is 150 Å². The van der Waals surface area contributed by atoms with Crippen molar-refractivity contribution in [3.8, 4) is 5.75 Å². The van der Waals surface area contributed by atoms with Crippen molar-refractivity contribution >= 4 is 34.4 Å². The van der Waals surface area contributed by atoms with E-state index in [0.717, 1.165) is 12.1 Å². The van der Waals surface area contributed by atoms with Crippen molar-refractivity contribution in [3.05, 3.63) is 59.2 Å². The van der Waals surface area contributed by atoms with Crippen LogP contribution in [0, 0.1) is 0 Å². The van der Waals surface area contributed by atoms with Gasteiger partial charge in [-0.3, -0.25) is 4.79 Å². The molecular weight excluding hydrogens is 371 g/mol. The molecule has 26 heavy (non-hydrogen) atoms. The van der Waals surface area contributed by atoms with Crippen molar-refractivity contribution in [2.24, 2.45) is 0 Å². The van der Waals surface area contributed by atoms with Crippen LogP contribution in [0.3, 0.4) is 0 Å². The van der Waals surface area contributed by atoms with E-state index in [-0.39, 0.29) is 23.1 Å². The van der Waals surface area contributed by atoms with E-state index in [4.69, 9.17) is 11.6 Å². The second kappa shape index (κ2) is 7.17. The second-order valence-corrected chi connectivity index (χ2v) is 5.63. The molecule has 1 amide bonds. The smallest absolute Gasteiger partial charge is 0.406 e. The minimum Gasteiger partial charge on any atom is -0.406 e. The number of fused-ring (bicyclic) bond motifs is 1. The number of anilines is 1. The molecule has 0 aliphatic heterocycles. The summed E-state index contributed by atoms with van der Waals surface area (Å²) in [6, 6.07) is 12.1. The molecule has 0 fully saturated rings. The van der Waals surface area contributed by atoms with Crippen LogP contribution in [-0.2, 0) is 11.2 Å². The number of aromatic nitrogens is 2. The maximum atomic E-state index is 12.1. The standard InChI is InChI=1S/C17H11ClF3N3O2/c18-15-16(23-13-4-2-1-3-12(13)22-15)24-14(25)9-10-5-7-11(8-6-10)26-17(19,20)21/h1-8H,9H2,(H,23,24,25). The summed E-state index contributed by atoms with van der Waals surface area (Å²) >= 11 is 6.02. The minimum absolute atomic E-state index is 0.0472. The number of hydrogen-bond acceptors (Lipinski definition) is 4. The van der Waals surface area contributed by atoms with Crippen molar-refractivity contribution in [2.45, 2.75) is 12.8 Å². The predicted octanol–water partition coefficient (Wildman–Crippen LogP) is 4.36. The van der Waals surface area contributed by atoms with E-state index in [1.165, 1.54) is 12.1 Å². The number of rotatable bonds is 4. The maximum absolute atomic E-state index is 12.1.